The molecule has 166 valence electrons. The molecule has 4 rings (SSSR count). The highest BCUT2D eigenvalue weighted by Crippen LogP contribution is 2.27. The average molecular weight is 435 g/mol. The van der Waals surface area contributed by atoms with E-state index in [9.17, 15) is 14.0 Å². The third kappa shape index (κ3) is 4.62. The Labute approximate surface area is 186 Å². The van der Waals surface area contributed by atoms with Crippen molar-refractivity contribution >= 4 is 22.7 Å². The molecular weight excluding hydrogens is 409 g/mol. The van der Waals surface area contributed by atoms with Crippen molar-refractivity contribution in [2.45, 2.75) is 18.9 Å². The lowest BCUT2D eigenvalue weighted by atomic mass is 10.0. The van der Waals surface area contributed by atoms with Gasteiger partial charge in [-0.05, 0) is 30.2 Å². The van der Waals surface area contributed by atoms with Gasteiger partial charge in [-0.1, -0.05) is 36.4 Å². The fourth-order valence-electron chi connectivity index (χ4n) is 3.93. The highest BCUT2D eigenvalue weighted by molar-refractivity contribution is 6.06. The summed E-state index contributed by atoms with van der Waals surface area (Å²) in [5.74, 6) is -0.455. The molecule has 2 aromatic carbocycles. The number of para-hydroxylation sites is 1. The molecule has 0 saturated carbocycles. The number of pyridine rings is 1. The van der Waals surface area contributed by atoms with Crippen LogP contribution in [0.15, 0.2) is 54.6 Å². The first kappa shape index (κ1) is 21.9. The summed E-state index contributed by atoms with van der Waals surface area (Å²) in [7, 11) is 3.43. The molecule has 0 spiro atoms. The molecule has 32 heavy (non-hydrogen) atoms. The highest BCUT2D eigenvalue weighted by Gasteiger charge is 2.28. The molecule has 0 radical (unpaired) electrons. The summed E-state index contributed by atoms with van der Waals surface area (Å²) in [6.07, 6.45) is 0.145. The zero-order valence-corrected chi connectivity index (χ0v) is 18.3. The van der Waals surface area contributed by atoms with E-state index in [1.54, 1.807) is 43.3 Å². The van der Waals surface area contributed by atoms with Gasteiger partial charge in [0.1, 0.15) is 11.9 Å². The quantitative estimate of drug-likeness (QED) is 0.614. The molecule has 1 aliphatic heterocycles. The number of nitrogens with zero attached hydrogens (tertiary/aromatic N) is 3. The Hall–Kier alpha value is -3.32. The van der Waals surface area contributed by atoms with Gasteiger partial charge in [0.25, 0.3) is 5.91 Å². The van der Waals surface area contributed by atoms with E-state index in [4.69, 9.17) is 9.72 Å². The number of aromatic nitrogens is 1. The molecule has 1 atom stereocenters. The second-order valence-electron chi connectivity index (χ2n) is 8.10. The van der Waals surface area contributed by atoms with Crippen molar-refractivity contribution < 1.29 is 18.7 Å². The predicted octanol–water partition coefficient (Wildman–Crippen LogP) is 3.61. The summed E-state index contributed by atoms with van der Waals surface area (Å²) in [5, 5.41) is 0.781. The fraction of sp³-hybridized carbons (Fsp3) is 0.320. The van der Waals surface area contributed by atoms with Crippen LogP contribution in [0, 0.1) is 5.82 Å². The maximum atomic E-state index is 13.9. The van der Waals surface area contributed by atoms with Crippen molar-refractivity contribution in [2.75, 3.05) is 33.8 Å². The third-order valence-electron chi connectivity index (χ3n) is 5.69. The molecule has 6 nitrogen and oxygen atoms in total. The van der Waals surface area contributed by atoms with Gasteiger partial charge in [-0.2, -0.15) is 0 Å². The van der Waals surface area contributed by atoms with E-state index in [1.807, 2.05) is 24.3 Å². The van der Waals surface area contributed by atoms with Crippen LogP contribution in [0.5, 0.6) is 0 Å². The number of rotatable bonds is 5. The summed E-state index contributed by atoms with van der Waals surface area (Å²) < 4.78 is 19.8. The topological polar surface area (TPSA) is 62.7 Å². The van der Waals surface area contributed by atoms with Gasteiger partial charge in [-0.15, -0.1) is 0 Å². The molecule has 0 N–H and O–H groups in total. The maximum Gasteiger partial charge on any atom is 0.254 e. The zero-order chi connectivity index (χ0) is 22.7. The normalized spacial score (nSPS) is 16.2. The summed E-state index contributed by atoms with van der Waals surface area (Å²) in [6.45, 7) is 1.20. The number of fused-ring (bicyclic) bond motifs is 1. The molecule has 0 bridgehead atoms. The van der Waals surface area contributed by atoms with Gasteiger partial charge in [-0.3, -0.25) is 9.59 Å². The lowest BCUT2D eigenvalue weighted by Gasteiger charge is -2.33. The number of aryl methyl sites for hydroxylation is 1. The number of carbonyl (C=O) groups is 2. The molecular formula is C25H26FN3O3. The summed E-state index contributed by atoms with van der Waals surface area (Å²) >= 11 is 0. The van der Waals surface area contributed by atoms with Crippen molar-refractivity contribution in [3.8, 4) is 0 Å². The van der Waals surface area contributed by atoms with E-state index in [0.29, 0.717) is 48.5 Å². The summed E-state index contributed by atoms with van der Waals surface area (Å²) in [6, 6.07) is 15.8. The number of amides is 2. The molecule has 2 heterocycles. The van der Waals surface area contributed by atoms with Crippen LogP contribution < -0.4 is 0 Å². The molecule has 0 unspecified atom stereocenters. The van der Waals surface area contributed by atoms with Crippen LogP contribution in [0.4, 0.5) is 4.39 Å². The van der Waals surface area contributed by atoms with Gasteiger partial charge in [-0.25, -0.2) is 9.37 Å². The minimum atomic E-state index is -0.431. The molecule has 2 amide bonds. The summed E-state index contributed by atoms with van der Waals surface area (Å²) in [5.41, 5.74) is 2.43. The van der Waals surface area contributed by atoms with Crippen LogP contribution in [0.1, 0.15) is 34.1 Å². The first-order valence-corrected chi connectivity index (χ1v) is 10.7. The van der Waals surface area contributed by atoms with E-state index in [1.165, 1.54) is 11.0 Å². The van der Waals surface area contributed by atoms with E-state index in [-0.39, 0.29) is 24.1 Å². The van der Waals surface area contributed by atoms with Crippen LogP contribution >= 0.6 is 0 Å². The van der Waals surface area contributed by atoms with Crippen molar-refractivity contribution in [3.05, 3.63) is 77.2 Å². The molecule has 1 fully saturated rings. The predicted molar refractivity (Wildman–Crippen MR) is 120 cm³/mol. The molecule has 1 aliphatic rings. The van der Waals surface area contributed by atoms with Gasteiger partial charge in [0.15, 0.2) is 0 Å². The largest absolute Gasteiger partial charge is 0.368 e. The van der Waals surface area contributed by atoms with Crippen LogP contribution in [-0.4, -0.2) is 60.4 Å². The van der Waals surface area contributed by atoms with Crippen LogP contribution in [0.3, 0.4) is 0 Å². The Balaban J connectivity index is 1.53. The lowest BCUT2D eigenvalue weighted by molar-refractivity contribution is -0.139. The van der Waals surface area contributed by atoms with Crippen LogP contribution in [-0.2, 0) is 16.0 Å². The number of ether oxygens (including phenoxy) is 1. The number of benzene rings is 2. The minimum absolute atomic E-state index is 0.0491. The van der Waals surface area contributed by atoms with Gasteiger partial charge in [0, 0.05) is 32.4 Å². The maximum absolute atomic E-state index is 13.9. The highest BCUT2D eigenvalue weighted by atomic mass is 19.1. The number of carbonyl (C=O) groups excluding carboxylic acids is 2. The van der Waals surface area contributed by atoms with Gasteiger partial charge in [0.2, 0.25) is 5.91 Å². The first-order valence-electron chi connectivity index (χ1n) is 10.7. The van der Waals surface area contributed by atoms with Crippen LogP contribution in [0.2, 0.25) is 0 Å². The van der Waals surface area contributed by atoms with E-state index < -0.39 is 6.10 Å². The number of halogens is 1. The first-order chi connectivity index (χ1) is 15.4. The molecule has 1 aromatic heterocycles. The number of morpholine rings is 1. The zero-order valence-electron chi connectivity index (χ0n) is 18.3. The van der Waals surface area contributed by atoms with Crippen LogP contribution in [0.25, 0.3) is 10.9 Å². The van der Waals surface area contributed by atoms with E-state index in [0.717, 1.165) is 5.39 Å². The van der Waals surface area contributed by atoms with Crippen molar-refractivity contribution in [3.63, 3.8) is 0 Å². The van der Waals surface area contributed by atoms with Gasteiger partial charge in [0.05, 0.1) is 29.9 Å². The standard InChI is InChI=1S/C25H26FN3O3/c1-28(2)25(31)19-15-22(27-21-10-6-4-8-18(19)21)23-16-29(13-14-32-23)24(30)12-11-17-7-3-5-9-20(17)26/h3-10,15,23H,11-14,16H2,1-2H3/t23-/m0/s1. The number of hydrogen-bond donors (Lipinski definition) is 0. The van der Waals surface area contributed by atoms with E-state index in [2.05, 4.69) is 0 Å². The monoisotopic (exact) mass is 435 g/mol. The Morgan fingerprint density at radius 3 is 2.69 bits per heavy atom. The molecule has 0 aliphatic carbocycles. The smallest absolute Gasteiger partial charge is 0.254 e. The average Bonchev–Trinajstić information content (AvgIpc) is 2.82. The fourth-order valence-corrected chi connectivity index (χ4v) is 3.93. The Kier molecular flexibility index (Phi) is 6.46. The second kappa shape index (κ2) is 9.44. The van der Waals surface area contributed by atoms with Crippen molar-refractivity contribution in [1.82, 2.24) is 14.8 Å². The Morgan fingerprint density at radius 1 is 1.16 bits per heavy atom. The Bertz CT molecular complexity index is 1150. The van der Waals surface area contributed by atoms with Gasteiger partial charge < -0.3 is 14.5 Å². The van der Waals surface area contributed by atoms with Crippen molar-refractivity contribution in [1.29, 1.82) is 0 Å². The van der Waals surface area contributed by atoms with Gasteiger partial charge >= 0.3 is 0 Å². The van der Waals surface area contributed by atoms with Crippen molar-refractivity contribution in [2.24, 2.45) is 0 Å². The third-order valence-corrected chi connectivity index (χ3v) is 5.69. The molecule has 7 heteroatoms. The number of hydrogen-bond acceptors (Lipinski definition) is 4. The summed E-state index contributed by atoms with van der Waals surface area (Å²) in [4.78, 5) is 33.6. The minimum Gasteiger partial charge on any atom is -0.368 e. The Morgan fingerprint density at radius 2 is 1.91 bits per heavy atom. The lowest BCUT2D eigenvalue weighted by Crippen LogP contribution is -2.42. The molecule has 3 aromatic rings. The second-order valence-corrected chi connectivity index (χ2v) is 8.10. The molecule has 1 saturated heterocycles. The SMILES string of the molecule is CN(C)C(=O)c1cc([C@@H]2CN(C(=O)CCc3ccccc3F)CCO2)nc2ccccc12. The van der Waals surface area contributed by atoms with E-state index >= 15 is 0 Å².